The van der Waals surface area contributed by atoms with Crippen molar-refractivity contribution < 1.29 is 18.0 Å². The van der Waals surface area contributed by atoms with E-state index >= 15 is 0 Å². The van der Waals surface area contributed by atoms with Crippen LogP contribution in [0.1, 0.15) is 50.9 Å². The van der Waals surface area contributed by atoms with Crippen LogP contribution in [0.2, 0.25) is 0 Å². The highest BCUT2D eigenvalue weighted by atomic mass is 19.3. The van der Waals surface area contributed by atoms with Gasteiger partial charge in [0.25, 0.3) is 12.0 Å². The minimum Gasteiger partial charge on any atom is -0.352 e. The van der Waals surface area contributed by atoms with E-state index in [9.17, 15) is 22.8 Å². The molecule has 3 aromatic rings. The van der Waals surface area contributed by atoms with Gasteiger partial charge in [0.05, 0.1) is 11.4 Å². The number of carbonyl (C=O) groups is 1. The average molecular weight is 458 g/mol. The molecule has 1 aromatic carbocycles. The van der Waals surface area contributed by atoms with Gasteiger partial charge in [-0.25, -0.2) is 18.2 Å². The van der Waals surface area contributed by atoms with E-state index in [0.717, 1.165) is 0 Å². The molecule has 174 valence electrons. The molecule has 1 amide bonds. The lowest BCUT2D eigenvalue weighted by Gasteiger charge is -2.14. The molecule has 0 saturated heterocycles. The molecule has 0 saturated carbocycles. The Morgan fingerprint density at radius 2 is 1.88 bits per heavy atom. The highest BCUT2D eigenvalue weighted by Gasteiger charge is 2.21. The summed E-state index contributed by atoms with van der Waals surface area (Å²) in [6.07, 6.45) is -1.42. The molecular weight excluding hydrogens is 433 g/mol. The van der Waals surface area contributed by atoms with Crippen LogP contribution in [-0.2, 0) is 17.0 Å². The Balaban J connectivity index is 2.03. The molecule has 33 heavy (non-hydrogen) atoms. The normalized spacial score (nSPS) is 11.8. The van der Waals surface area contributed by atoms with E-state index in [1.807, 2.05) is 0 Å². The molecular formula is C24H25F3N4O2. The van der Waals surface area contributed by atoms with Crippen LogP contribution in [-0.4, -0.2) is 20.9 Å². The van der Waals surface area contributed by atoms with Gasteiger partial charge in [-0.05, 0) is 37.6 Å². The molecule has 0 unspecified atom stereocenters. The molecule has 0 radical (unpaired) electrons. The zero-order valence-electron chi connectivity index (χ0n) is 18.7. The molecule has 0 aliphatic heterocycles. The molecule has 0 bridgehead atoms. The predicted octanol–water partition coefficient (Wildman–Crippen LogP) is 4.91. The molecule has 0 fully saturated rings. The third-order valence-electron chi connectivity index (χ3n) is 5.01. The number of amides is 1. The van der Waals surface area contributed by atoms with Crippen molar-refractivity contribution in [3.8, 4) is 22.6 Å². The average Bonchev–Trinajstić information content (AvgIpc) is 2.76. The molecule has 0 aliphatic carbocycles. The summed E-state index contributed by atoms with van der Waals surface area (Å²) in [4.78, 5) is 35.1. The number of pyridine rings is 1. The lowest BCUT2D eigenvalue weighted by molar-refractivity contribution is -0.124. The van der Waals surface area contributed by atoms with Crippen LogP contribution in [0.4, 0.5) is 13.2 Å². The van der Waals surface area contributed by atoms with E-state index in [1.54, 1.807) is 19.9 Å². The van der Waals surface area contributed by atoms with E-state index in [4.69, 9.17) is 0 Å². The first-order valence-corrected chi connectivity index (χ1v) is 10.4. The van der Waals surface area contributed by atoms with Crippen molar-refractivity contribution in [1.82, 2.24) is 20.3 Å². The van der Waals surface area contributed by atoms with Crippen LogP contribution in [0.3, 0.4) is 0 Å². The fourth-order valence-electron chi connectivity index (χ4n) is 3.13. The summed E-state index contributed by atoms with van der Waals surface area (Å²) in [7, 11) is 0. The van der Waals surface area contributed by atoms with Crippen LogP contribution in [0.5, 0.6) is 0 Å². The number of benzene rings is 1. The Kier molecular flexibility index (Phi) is 7.00. The van der Waals surface area contributed by atoms with Gasteiger partial charge in [-0.1, -0.05) is 26.0 Å². The number of hydrogen-bond donors (Lipinski definition) is 2. The van der Waals surface area contributed by atoms with Crippen molar-refractivity contribution in [2.45, 2.75) is 46.3 Å². The number of carbonyl (C=O) groups excluding carboxylic acids is 1. The smallest absolute Gasteiger partial charge is 0.264 e. The largest absolute Gasteiger partial charge is 0.352 e. The maximum atomic E-state index is 14.1. The van der Waals surface area contributed by atoms with Gasteiger partial charge in [-0.2, -0.15) is 0 Å². The minimum atomic E-state index is -2.80. The quantitative estimate of drug-likeness (QED) is 0.527. The Hall–Kier alpha value is -3.49. The zero-order chi connectivity index (χ0) is 24.3. The van der Waals surface area contributed by atoms with Gasteiger partial charge < -0.3 is 10.3 Å². The van der Waals surface area contributed by atoms with Crippen molar-refractivity contribution in [3.63, 3.8) is 0 Å². The standard InChI is InChI=1S/C24H25F3N4O2/c1-13(2)23(33)29-11-14-5-7-16(21(25)26)17(9-14)22-30-18(10-20(32)31-22)15-6-8-19(28-12-15)24(3,4)27/h5-10,12-13,21H,11H2,1-4H3,(H,29,33)(H,30,31,32). The monoisotopic (exact) mass is 458 g/mol. The number of alkyl halides is 3. The summed E-state index contributed by atoms with van der Waals surface area (Å²) < 4.78 is 41.5. The fourth-order valence-corrected chi connectivity index (χ4v) is 3.13. The molecule has 2 heterocycles. The van der Waals surface area contributed by atoms with E-state index in [-0.39, 0.29) is 46.7 Å². The predicted molar refractivity (Wildman–Crippen MR) is 119 cm³/mol. The van der Waals surface area contributed by atoms with Crippen LogP contribution in [0, 0.1) is 5.92 Å². The summed E-state index contributed by atoms with van der Waals surface area (Å²) in [6, 6.07) is 8.49. The summed E-state index contributed by atoms with van der Waals surface area (Å²) in [5.74, 6) is -0.433. The number of halogens is 3. The number of nitrogens with one attached hydrogen (secondary N) is 2. The Bertz CT molecular complexity index is 1200. The third kappa shape index (κ3) is 5.85. The van der Waals surface area contributed by atoms with Crippen LogP contribution >= 0.6 is 0 Å². The van der Waals surface area contributed by atoms with Crippen molar-refractivity contribution in [3.05, 3.63) is 69.8 Å². The van der Waals surface area contributed by atoms with Crippen molar-refractivity contribution in [1.29, 1.82) is 0 Å². The summed E-state index contributed by atoms with van der Waals surface area (Å²) >= 11 is 0. The number of aromatic nitrogens is 3. The van der Waals surface area contributed by atoms with Gasteiger partial charge in [0.15, 0.2) is 0 Å². The summed E-state index contributed by atoms with van der Waals surface area (Å²) in [5.41, 5.74) is -0.985. The number of rotatable bonds is 7. The molecule has 0 spiro atoms. The molecule has 9 heteroatoms. The number of nitrogens with zero attached hydrogens (tertiary/aromatic N) is 2. The number of hydrogen-bond acceptors (Lipinski definition) is 4. The van der Waals surface area contributed by atoms with Crippen LogP contribution in [0.15, 0.2) is 47.4 Å². The molecule has 0 atom stereocenters. The maximum absolute atomic E-state index is 14.1. The second kappa shape index (κ2) is 9.56. The Morgan fingerprint density at radius 1 is 1.15 bits per heavy atom. The highest BCUT2D eigenvalue weighted by molar-refractivity contribution is 5.77. The third-order valence-corrected chi connectivity index (χ3v) is 5.01. The molecule has 0 aliphatic rings. The molecule has 3 rings (SSSR count). The van der Waals surface area contributed by atoms with Gasteiger partial charge in [0, 0.05) is 41.4 Å². The van der Waals surface area contributed by atoms with E-state index < -0.39 is 17.7 Å². The topological polar surface area (TPSA) is 87.7 Å². The lowest BCUT2D eigenvalue weighted by Crippen LogP contribution is -2.27. The van der Waals surface area contributed by atoms with Gasteiger partial charge >= 0.3 is 0 Å². The summed E-state index contributed by atoms with van der Waals surface area (Å²) in [6.45, 7) is 6.39. The van der Waals surface area contributed by atoms with Gasteiger partial charge in [-0.15, -0.1) is 0 Å². The first kappa shape index (κ1) is 24.2. The van der Waals surface area contributed by atoms with Crippen LogP contribution < -0.4 is 10.9 Å². The Labute approximate surface area is 189 Å². The second-order valence-corrected chi connectivity index (χ2v) is 8.48. The number of H-pyrrole nitrogens is 1. The maximum Gasteiger partial charge on any atom is 0.264 e. The summed E-state index contributed by atoms with van der Waals surface area (Å²) in [5, 5.41) is 2.73. The first-order valence-electron chi connectivity index (χ1n) is 10.4. The van der Waals surface area contributed by atoms with Crippen LogP contribution in [0.25, 0.3) is 22.6 Å². The number of aromatic amines is 1. The first-order chi connectivity index (χ1) is 15.5. The molecule has 2 N–H and O–H groups in total. The highest BCUT2D eigenvalue weighted by Crippen LogP contribution is 2.31. The van der Waals surface area contributed by atoms with Gasteiger partial charge in [-0.3, -0.25) is 14.6 Å². The van der Waals surface area contributed by atoms with E-state index in [1.165, 1.54) is 50.4 Å². The second-order valence-electron chi connectivity index (χ2n) is 8.48. The van der Waals surface area contributed by atoms with Gasteiger partial charge in [0.2, 0.25) is 5.91 Å². The van der Waals surface area contributed by atoms with Crippen molar-refractivity contribution in [2.75, 3.05) is 0 Å². The Morgan fingerprint density at radius 3 is 2.45 bits per heavy atom. The lowest BCUT2D eigenvalue weighted by atomic mass is 10.0. The molecule has 2 aromatic heterocycles. The van der Waals surface area contributed by atoms with E-state index in [0.29, 0.717) is 11.1 Å². The minimum absolute atomic E-state index is 0.0419. The van der Waals surface area contributed by atoms with E-state index in [2.05, 4.69) is 20.3 Å². The fraction of sp³-hybridized carbons (Fsp3) is 0.333. The SMILES string of the molecule is CC(C)C(=O)NCc1ccc(C(F)F)c(-c2nc(-c3ccc(C(C)(C)F)nc3)cc(=O)[nH]2)c1. The zero-order valence-corrected chi connectivity index (χ0v) is 18.7. The molecule has 6 nitrogen and oxygen atoms in total. The van der Waals surface area contributed by atoms with Crippen molar-refractivity contribution >= 4 is 5.91 Å². The van der Waals surface area contributed by atoms with Gasteiger partial charge in [0.1, 0.15) is 11.5 Å². The van der Waals surface area contributed by atoms with Crippen molar-refractivity contribution in [2.24, 2.45) is 5.92 Å².